The Morgan fingerprint density at radius 1 is 1.86 bits per heavy atom. The van der Waals surface area contributed by atoms with Gasteiger partial charge in [0.2, 0.25) is 0 Å². The van der Waals surface area contributed by atoms with Crippen molar-refractivity contribution in [3.63, 3.8) is 0 Å². The lowest BCUT2D eigenvalue weighted by molar-refractivity contribution is 0.714. The van der Waals surface area contributed by atoms with E-state index in [1.807, 2.05) is 13.8 Å². The third-order valence-corrected chi connectivity index (χ3v) is 0.758. The molecule has 0 aliphatic heterocycles. The maximum atomic E-state index is 5.51. The van der Waals surface area contributed by atoms with E-state index in [1.165, 1.54) is 0 Å². The molecule has 1 radical (unpaired) electrons. The minimum atomic E-state index is 0.206. The fraction of sp³-hybridized carbons (Fsp3) is 0.800. The summed E-state index contributed by atoms with van der Waals surface area (Å²) >= 11 is 5.51. The first kappa shape index (κ1) is 7.25. The van der Waals surface area contributed by atoms with Gasteiger partial charge in [-0.3, -0.25) is 0 Å². The van der Waals surface area contributed by atoms with Crippen molar-refractivity contribution in [2.75, 3.05) is 0 Å². The van der Waals surface area contributed by atoms with Gasteiger partial charge in [0.15, 0.2) is 0 Å². The molecule has 0 saturated carbocycles. The molecule has 0 aliphatic rings. The Labute approximate surface area is 49.8 Å². The van der Waals surface area contributed by atoms with Gasteiger partial charge in [-0.1, -0.05) is 0 Å². The van der Waals surface area contributed by atoms with Crippen LogP contribution in [-0.4, -0.2) is 6.04 Å². The average Bonchev–Trinajstić information content (AvgIpc) is 1.27. The molecule has 0 aliphatic carbocycles. The quantitative estimate of drug-likeness (QED) is 0.588. The van der Waals surface area contributed by atoms with Gasteiger partial charge in [-0.25, -0.2) is 0 Å². The van der Waals surface area contributed by atoms with Crippen molar-refractivity contribution in [3.05, 3.63) is 5.38 Å². The van der Waals surface area contributed by atoms with Gasteiger partial charge in [-0.15, -0.1) is 11.6 Å². The van der Waals surface area contributed by atoms with Crippen LogP contribution in [-0.2, 0) is 0 Å². The molecule has 0 amide bonds. The van der Waals surface area contributed by atoms with Crippen LogP contribution in [0.15, 0.2) is 0 Å². The van der Waals surface area contributed by atoms with Crippen LogP contribution in [0.1, 0.15) is 20.3 Å². The molecular formula is C5H11ClN. The highest BCUT2D eigenvalue weighted by atomic mass is 35.5. The lowest BCUT2D eigenvalue weighted by atomic mass is 10.2. The minimum absolute atomic E-state index is 0.206. The van der Waals surface area contributed by atoms with Crippen molar-refractivity contribution in [1.82, 2.24) is 0 Å². The molecule has 0 aromatic heterocycles. The van der Waals surface area contributed by atoms with Crippen LogP contribution in [0.3, 0.4) is 0 Å². The second-order valence-electron chi connectivity index (χ2n) is 1.86. The molecule has 0 bridgehead atoms. The first-order valence-corrected chi connectivity index (χ1v) is 2.74. The molecule has 0 heterocycles. The van der Waals surface area contributed by atoms with E-state index >= 15 is 0 Å². The van der Waals surface area contributed by atoms with E-state index in [0.717, 1.165) is 11.8 Å². The van der Waals surface area contributed by atoms with Crippen LogP contribution in [0.2, 0.25) is 0 Å². The molecule has 7 heavy (non-hydrogen) atoms. The molecule has 2 heteroatoms. The number of hydrogen-bond donors (Lipinski definition) is 1. The molecule has 0 saturated heterocycles. The van der Waals surface area contributed by atoms with E-state index < -0.39 is 0 Å². The zero-order valence-electron chi connectivity index (χ0n) is 4.74. The Bertz CT molecular complexity index is 37.3. The molecule has 1 unspecified atom stereocenters. The molecule has 0 fully saturated rings. The highest BCUT2D eigenvalue weighted by molar-refractivity contribution is 6.26. The van der Waals surface area contributed by atoms with Crippen molar-refractivity contribution in [1.29, 1.82) is 0 Å². The fourth-order valence-corrected chi connectivity index (χ4v) is 0.687. The van der Waals surface area contributed by atoms with Crippen LogP contribution in [0, 0.1) is 5.38 Å². The highest BCUT2D eigenvalue weighted by Gasteiger charge is 1.99. The Balaban J connectivity index is 2.95. The Kier molecular flexibility index (Phi) is 3.39. The van der Waals surface area contributed by atoms with Crippen LogP contribution in [0.5, 0.6) is 0 Å². The minimum Gasteiger partial charge on any atom is -0.328 e. The summed E-state index contributed by atoms with van der Waals surface area (Å²) in [6.45, 7) is 3.80. The molecule has 0 rings (SSSR count). The maximum absolute atomic E-state index is 5.51. The molecule has 1 atom stereocenters. The van der Waals surface area contributed by atoms with E-state index in [4.69, 9.17) is 17.3 Å². The van der Waals surface area contributed by atoms with Gasteiger partial charge in [0.25, 0.3) is 0 Å². The summed E-state index contributed by atoms with van der Waals surface area (Å²) in [5.41, 5.74) is 5.39. The summed E-state index contributed by atoms with van der Waals surface area (Å²) in [7, 11) is 0. The molecule has 1 nitrogen and oxygen atoms in total. The monoisotopic (exact) mass is 120 g/mol. The SMILES string of the molecule is C[C](Cl)CC(C)N. The zero-order chi connectivity index (χ0) is 5.86. The summed E-state index contributed by atoms with van der Waals surface area (Å²) in [6.07, 6.45) is 0.821. The first-order chi connectivity index (χ1) is 3.13. The number of rotatable bonds is 2. The number of hydrogen-bond acceptors (Lipinski definition) is 1. The Morgan fingerprint density at radius 3 is 2.29 bits per heavy atom. The molecule has 2 N–H and O–H groups in total. The summed E-state index contributed by atoms with van der Waals surface area (Å²) in [5, 5.41) is 0.884. The Hall–Kier alpha value is 0.250. The molecular weight excluding hydrogens is 110 g/mol. The van der Waals surface area contributed by atoms with E-state index in [2.05, 4.69) is 0 Å². The number of halogens is 1. The van der Waals surface area contributed by atoms with Gasteiger partial charge in [0.1, 0.15) is 0 Å². The fourth-order valence-electron chi connectivity index (χ4n) is 0.444. The molecule has 43 valence electrons. The van der Waals surface area contributed by atoms with Crippen LogP contribution in [0.25, 0.3) is 0 Å². The lowest BCUT2D eigenvalue weighted by Crippen LogP contribution is -2.15. The molecule has 0 spiro atoms. The van der Waals surface area contributed by atoms with E-state index in [9.17, 15) is 0 Å². The smallest absolute Gasteiger partial charge is 0.0622 e. The van der Waals surface area contributed by atoms with Gasteiger partial charge in [-0.2, -0.15) is 0 Å². The predicted molar refractivity (Wildman–Crippen MR) is 33.0 cm³/mol. The lowest BCUT2D eigenvalue weighted by Gasteiger charge is -2.03. The van der Waals surface area contributed by atoms with Crippen LogP contribution in [0.4, 0.5) is 0 Å². The predicted octanol–water partition coefficient (Wildman–Crippen LogP) is 1.51. The normalized spacial score (nSPS) is 15.0. The maximum Gasteiger partial charge on any atom is 0.0622 e. The van der Waals surface area contributed by atoms with Crippen molar-refractivity contribution in [2.24, 2.45) is 5.73 Å². The standard InChI is InChI=1S/C5H11ClN/c1-4(6)3-5(2)7/h5H,3,7H2,1-2H3. The van der Waals surface area contributed by atoms with Crippen molar-refractivity contribution < 1.29 is 0 Å². The summed E-state index contributed by atoms with van der Waals surface area (Å²) in [6, 6.07) is 0.206. The number of nitrogens with two attached hydrogens (primary N) is 1. The summed E-state index contributed by atoms with van der Waals surface area (Å²) < 4.78 is 0. The van der Waals surface area contributed by atoms with Crippen molar-refractivity contribution >= 4 is 11.6 Å². The average molecular weight is 121 g/mol. The van der Waals surface area contributed by atoms with Gasteiger partial charge >= 0.3 is 0 Å². The topological polar surface area (TPSA) is 26.0 Å². The third kappa shape index (κ3) is 6.25. The second kappa shape index (κ2) is 3.28. The largest absolute Gasteiger partial charge is 0.328 e. The van der Waals surface area contributed by atoms with Gasteiger partial charge in [0, 0.05) is 6.04 Å². The Morgan fingerprint density at radius 2 is 2.29 bits per heavy atom. The summed E-state index contributed by atoms with van der Waals surface area (Å²) in [4.78, 5) is 0. The third-order valence-electron chi connectivity index (χ3n) is 0.603. The van der Waals surface area contributed by atoms with E-state index in [1.54, 1.807) is 0 Å². The van der Waals surface area contributed by atoms with E-state index in [0.29, 0.717) is 0 Å². The van der Waals surface area contributed by atoms with Crippen LogP contribution < -0.4 is 5.73 Å². The second-order valence-corrected chi connectivity index (χ2v) is 2.50. The summed E-state index contributed by atoms with van der Waals surface area (Å²) in [5.74, 6) is 0. The van der Waals surface area contributed by atoms with Gasteiger partial charge in [-0.05, 0) is 20.3 Å². The van der Waals surface area contributed by atoms with E-state index in [-0.39, 0.29) is 6.04 Å². The molecule has 0 aromatic carbocycles. The van der Waals surface area contributed by atoms with Crippen molar-refractivity contribution in [3.8, 4) is 0 Å². The zero-order valence-corrected chi connectivity index (χ0v) is 5.50. The van der Waals surface area contributed by atoms with Gasteiger partial charge < -0.3 is 5.73 Å². The van der Waals surface area contributed by atoms with Gasteiger partial charge in [0.05, 0.1) is 5.38 Å². The molecule has 0 aromatic rings. The van der Waals surface area contributed by atoms with Crippen molar-refractivity contribution in [2.45, 2.75) is 26.3 Å². The van der Waals surface area contributed by atoms with Crippen LogP contribution >= 0.6 is 11.6 Å². The first-order valence-electron chi connectivity index (χ1n) is 2.36. The highest BCUT2D eigenvalue weighted by Crippen LogP contribution is 2.10.